The molecule has 1 aliphatic rings. The molecule has 0 fully saturated rings. The van der Waals surface area contributed by atoms with Crippen molar-refractivity contribution in [3.05, 3.63) is 52.6 Å². The Hall–Kier alpha value is -2.47. The van der Waals surface area contributed by atoms with Crippen molar-refractivity contribution in [2.75, 3.05) is 13.1 Å². The molecule has 1 aromatic carbocycles. The zero-order chi connectivity index (χ0) is 16.4. The Kier molecular flexibility index (Phi) is 4.25. The van der Waals surface area contributed by atoms with Gasteiger partial charge in [-0.1, -0.05) is 12.1 Å². The largest absolute Gasteiger partial charge is 0.478 e. The van der Waals surface area contributed by atoms with Gasteiger partial charge in [-0.3, -0.25) is 9.69 Å². The average molecular weight is 313 g/mol. The van der Waals surface area contributed by atoms with Crippen molar-refractivity contribution >= 4 is 12.3 Å². The minimum absolute atomic E-state index is 0.311. The Labute approximate surface area is 134 Å². The first-order valence-corrected chi connectivity index (χ1v) is 7.62. The number of hydrogen-bond donors (Lipinski definition) is 1. The predicted molar refractivity (Wildman–Crippen MR) is 84.7 cm³/mol. The summed E-state index contributed by atoms with van der Waals surface area (Å²) in [7, 11) is 1.88. The molecule has 0 saturated carbocycles. The number of aldehydes is 1. The summed E-state index contributed by atoms with van der Waals surface area (Å²) in [5.41, 5.74) is 3.57. The maximum Gasteiger partial charge on any atom is 0.335 e. The van der Waals surface area contributed by atoms with Crippen molar-refractivity contribution in [1.82, 2.24) is 14.5 Å². The van der Waals surface area contributed by atoms with Crippen molar-refractivity contribution in [2.45, 2.75) is 19.4 Å². The van der Waals surface area contributed by atoms with E-state index in [-0.39, 0.29) is 0 Å². The van der Waals surface area contributed by atoms with Gasteiger partial charge in [-0.25, -0.2) is 9.78 Å². The number of imidazole rings is 1. The molecule has 1 aliphatic heterocycles. The van der Waals surface area contributed by atoms with Gasteiger partial charge in [-0.15, -0.1) is 0 Å². The van der Waals surface area contributed by atoms with Crippen LogP contribution in [0.25, 0.3) is 0 Å². The Balaban J connectivity index is 1.61. The molecule has 2 heterocycles. The van der Waals surface area contributed by atoms with Gasteiger partial charge >= 0.3 is 5.97 Å². The highest BCUT2D eigenvalue weighted by molar-refractivity contribution is 5.87. The van der Waals surface area contributed by atoms with E-state index in [9.17, 15) is 9.59 Å². The molecule has 3 rings (SSSR count). The number of fused-ring (bicyclic) bond motifs is 1. The van der Waals surface area contributed by atoms with Crippen LogP contribution in [0.5, 0.6) is 0 Å². The van der Waals surface area contributed by atoms with Gasteiger partial charge in [0.1, 0.15) is 0 Å². The summed E-state index contributed by atoms with van der Waals surface area (Å²) in [6.07, 6.45) is 2.56. The summed E-state index contributed by atoms with van der Waals surface area (Å²) in [5.74, 6) is -0.414. The van der Waals surface area contributed by atoms with E-state index in [0.717, 1.165) is 55.7 Å². The summed E-state index contributed by atoms with van der Waals surface area (Å²) in [4.78, 5) is 28.5. The Morgan fingerprint density at radius 3 is 2.74 bits per heavy atom. The maximum atomic E-state index is 11.0. The molecule has 0 atom stereocenters. The molecule has 0 bridgehead atoms. The number of rotatable bonds is 5. The predicted octanol–water partition coefficient (Wildman–Crippen LogP) is 1.53. The molecule has 0 unspecified atom stereocenters. The van der Waals surface area contributed by atoms with Crippen LogP contribution in [0.4, 0.5) is 0 Å². The van der Waals surface area contributed by atoms with E-state index in [1.807, 2.05) is 23.7 Å². The van der Waals surface area contributed by atoms with Gasteiger partial charge < -0.3 is 9.67 Å². The minimum Gasteiger partial charge on any atom is -0.478 e. The van der Waals surface area contributed by atoms with Crippen LogP contribution in [0.15, 0.2) is 24.3 Å². The molecule has 0 spiro atoms. The Bertz CT molecular complexity index is 734. The Morgan fingerprint density at radius 1 is 1.35 bits per heavy atom. The molecule has 1 aromatic heterocycles. The third-order valence-electron chi connectivity index (χ3n) is 4.39. The number of carboxylic acids is 1. The first-order valence-electron chi connectivity index (χ1n) is 7.62. The fourth-order valence-corrected chi connectivity index (χ4v) is 3.00. The second kappa shape index (κ2) is 6.34. The summed E-state index contributed by atoms with van der Waals surface area (Å²) >= 11 is 0. The van der Waals surface area contributed by atoms with Gasteiger partial charge in [-0.05, 0) is 24.1 Å². The molecule has 6 heteroatoms. The van der Waals surface area contributed by atoms with E-state index in [4.69, 9.17) is 5.11 Å². The molecule has 0 saturated heterocycles. The number of hydrogen-bond acceptors (Lipinski definition) is 4. The Morgan fingerprint density at radius 2 is 2.09 bits per heavy atom. The molecule has 23 heavy (non-hydrogen) atoms. The van der Waals surface area contributed by atoms with Crippen LogP contribution >= 0.6 is 0 Å². The maximum absolute atomic E-state index is 11.0. The third-order valence-corrected chi connectivity index (χ3v) is 4.39. The zero-order valence-corrected chi connectivity index (χ0v) is 13.0. The normalized spacial score (nSPS) is 14.5. The lowest BCUT2D eigenvalue weighted by molar-refractivity contribution is 0.0696. The number of carboxylic acid groups (broad SMARTS) is 1. The number of aromatic nitrogens is 2. The van der Waals surface area contributed by atoms with E-state index >= 15 is 0 Å². The first-order chi connectivity index (χ1) is 11.1. The molecule has 6 nitrogen and oxygen atoms in total. The summed E-state index contributed by atoms with van der Waals surface area (Å²) in [6.45, 7) is 2.58. The van der Waals surface area contributed by atoms with E-state index in [2.05, 4.69) is 9.88 Å². The van der Waals surface area contributed by atoms with E-state index < -0.39 is 5.97 Å². The highest BCUT2D eigenvalue weighted by atomic mass is 16.4. The van der Waals surface area contributed by atoms with Gasteiger partial charge in [-0.2, -0.15) is 0 Å². The summed E-state index contributed by atoms with van der Waals surface area (Å²) in [6, 6.07) is 7.01. The molecular formula is C17H19N3O3. The number of nitrogens with zero attached hydrogens (tertiary/aromatic N) is 3. The molecular weight excluding hydrogens is 294 g/mol. The average Bonchev–Trinajstić information content (AvgIpc) is 2.89. The van der Waals surface area contributed by atoms with E-state index in [1.54, 1.807) is 12.1 Å². The lowest BCUT2D eigenvalue weighted by Gasteiger charge is -2.26. The van der Waals surface area contributed by atoms with Crippen LogP contribution < -0.4 is 0 Å². The lowest BCUT2D eigenvalue weighted by atomic mass is 10.1. The topological polar surface area (TPSA) is 75.4 Å². The second-order valence-electron chi connectivity index (χ2n) is 5.82. The monoisotopic (exact) mass is 313 g/mol. The fraction of sp³-hybridized carbons (Fsp3) is 0.353. The number of carbonyl (C=O) groups excluding carboxylic acids is 1. The van der Waals surface area contributed by atoms with Crippen LogP contribution in [0.2, 0.25) is 0 Å². The molecule has 1 N–H and O–H groups in total. The molecule has 2 aromatic rings. The van der Waals surface area contributed by atoms with Gasteiger partial charge in [0.05, 0.1) is 11.3 Å². The number of carbonyl (C=O) groups is 2. The van der Waals surface area contributed by atoms with E-state index in [1.165, 1.54) is 0 Å². The second-order valence-corrected chi connectivity index (χ2v) is 5.82. The molecule has 0 radical (unpaired) electrons. The summed E-state index contributed by atoms with van der Waals surface area (Å²) < 4.78 is 1.88. The first kappa shape index (κ1) is 15.4. The van der Waals surface area contributed by atoms with Gasteiger partial charge in [0.15, 0.2) is 12.1 Å². The van der Waals surface area contributed by atoms with Crippen molar-refractivity contribution in [1.29, 1.82) is 0 Å². The van der Waals surface area contributed by atoms with Crippen LogP contribution in [0.1, 0.15) is 37.9 Å². The van der Waals surface area contributed by atoms with Crippen LogP contribution in [-0.2, 0) is 26.4 Å². The van der Waals surface area contributed by atoms with Crippen LogP contribution in [-0.4, -0.2) is 44.9 Å². The summed E-state index contributed by atoms with van der Waals surface area (Å²) in [5, 5.41) is 8.91. The quantitative estimate of drug-likeness (QED) is 0.847. The van der Waals surface area contributed by atoms with Crippen molar-refractivity contribution in [2.24, 2.45) is 7.05 Å². The smallest absolute Gasteiger partial charge is 0.335 e. The SMILES string of the molecule is Cn1c(C=O)nc2c1CCN(CCc1ccc(C(=O)O)cc1)C2. The van der Waals surface area contributed by atoms with Crippen molar-refractivity contribution in [3.8, 4) is 0 Å². The van der Waals surface area contributed by atoms with Crippen molar-refractivity contribution < 1.29 is 14.7 Å². The zero-order valence-electron chi connectivity index (χ0n) is 13.0. The van der Waals surface area contributed by atoms with Crippen LogP contribution in [0.3, 0.4) is 0 Å². The molecule has 0 amide bonds. The fourth-order valence-electron chi connectivity index (χ4n) is 3.00. The number of benzene rings is 1. The lowest BCUT2D eigenvalue weighted by Crippen LogP contribution is -2.32. The minimum atomic E-state index is -0.902. The van der Waals surface area contributed by atoms with Gasteiger partial charge in [0.25, 0.3) is 0 Å². The van der Waals surface area contributed by atoms with Crippen molar-refractivity contribution in [3.63, 3.8) is 0 Å². The van der Waals surface area contributed by atoms with Crippen LogP contribution in [0, 0.1) is 0 Å². The highest BCUT2D eigenvalue weighted by Gasteiger charge is 2.22. The molecule has 0 aliphatic carbocycles. The standard InChI is InChI=1S/C17H19N3O3/c1-19-15-7-9-20(10-14(15)18-16(19)11-21)8-6-12-2-4-13(5-3-12)17(22)23/h2-5,11H,6-10H2,1H3,(H,22,23). The molecule has 120 valence electrons. The third kappa shape index (κ3) is 3.17. The number of aromatic carboxylic acids is 1. The highest BCUT2D eigenvalue weighted by Crippen LogP contribution is 2.19. The van der Waals surface area contributed by atoms with Gasteiger partial charge in [0.2, 0.25) is 0 Å². The van der Waals surface area contributed by atoms with E-state index in [0.29, 0.717) is 11.4 Å². The van der Waals surface area contributed by atoms with Gasteiger partial charge in [0, 0.05) is 38.8 Å².